The number of fused-ring (bicyclic) bond motifs is 5. The third-order valence-corrected chi connectivity index (χ3v) is 4.96. The summed E-state index contributed by atoms with van der Waals surface area (Å²) < 4.78 is 2.12. The number of nitriles is 1. The SMILES string of the molecule is N#Cc1cc2ccc(N3CCNCC3)cc2n2c1nc1ccccc12. The van der Waals surface area contributed by atoms with E-state index in [0.717, 1.165) is 53.8 Å². The Bertz CT molecular complexity index is 1150. The van der Waals surface area contributed by atoms with Crippen LogP contribution in [0.2, 0.25) is 0 Å². The summed E-state index contributed by atoms with van der Waals surface area (Å²) in [5.74, 6) is 0. The van der Waals surface area contributed by atoms with Crippen molar-refractivity contribution in [2.75, 3.05) is 31.1 Å². The van der Waals surface area contributed by atoms with Crippen LogP contribution >= 0.6 is 0 Å². The first-order valence-corrected chi connectivity index (χ1v) is 8.55. The van der Waals surface area contributed by atoms with Crippen LogP contribution in [-0.2, 0) is 0 Å². The van der Waals surface area contributed by atoms with Crippen molar-refractivity contribution in [2.45, 2.75) is 0 Å². The Balaban J connectivity index is 1.85. The smallest absolute Gasteiger partial charge is 0.156 e. The van der Waals surface area contributed by atoms with Crippen LogP contribution in [0.3, 0.4) is 0 Å². The number of benzene rings is 2. The minimum absolute atomic E-state index is 0.610. The van der Waals surface area contributed by atoms with Crippen LogP contribution in [-0.4, -0.2) is 35.6 Å². The van der Waals surface area contributed by atoms with Gasteiger partial charge in [0.1, 0.15) is 6.07 Å². The molecule has 5 rings (SSSR count). The zero-order valence-electron chi connectivity index (χ0n) is 13.7. The second kappa shape index (κ2) is 5.47. The lowest BCUT2D eigenvalue weighted by Gasteiger charge is -2.29. The van der Waals surface area contributed by atoms with Crippen LogP contribution in [0.15, 0.2) is 48.5 Å². The normalized spacial score (nSPS) is 15.1. The minimum atomic E-state index is 0.610. The molecule has 1 aliphatic heterocycles. The maximum atomic E-state index is 9.56. The van der Waals surface area contributed by atoms with Gasteiger partial charge in [-0.05, 0) is 30.3 Å². The average Bonchev–Trinajstić information content (AvgIpc) is 3.07. The molecule has 122 valence electrons. The van der Waals surface area contributed by atoms with Crippen LogP contribution < -0.4 is 10.2 Å². The molecule has 0 unspecified atom stereocenters. The molecule has 1 fully saturated rings. The molecule has 0 amide bonds. The first-order chi connectivity index (χ1) is 12.3. The van der Waals surface area contributed by atoms with Crippen molar-refractivity contribution >= 4 is 33.3 Å². The summed E-state index contributed by atoms with van der Waals surface area (Å²) in [7, 11) is 0. The third-order valence-electron chi connectivity index (χ3n) is 4.96. The van der Waals surface area contributed by atoms with Crippen LogP contribution in [0.25, 0.3) is 27.6 Å². The minimum Gasteiger partial charge on any atom is -0.369 e. The molecule has 5 heteroatoms. The van der Waals surface area contributed by atoms with E-state index < -0.39 is 0 Å². The predicted octanol–water partition coefficient (Wildman–Crippen LogP) is 2.92. The van der Waals surface area contributed by atoms with E-state index in [9.17, 15) is 5.26 Å². The summed E-state index contributed by atoms with van der Waals surface area (Å²) in [6, 6.07) is 18.8. The molecule has 1 aliphatic rings. The molecule has 5 nitrogen and oxygen atoms in total. The summed E-state index contributed by atoms with van der Waals surface area (Å²) in [4.78, 5) is 7.10. The quantitative estimate of drug-likeness (QED) is 0.584. The molecule has 2 aromatic heterocycles. The molecule has 2 aromatic carbocycles. The Labute approximate surface area is 145 Å². The zero-order valence-corrected chi connectivity index (χ0v) is 13.7. The first-order valence-electron chi connectivity index (χ1n) is 8.55. The number of rotatable bonds is 1. The van der Waals surface area contributed by atoms with Gasteiger partial charge in [-0.3, -0.25) is 4.40 Å². The molecule has 3 heterocycles. The van der Waals surface area contributed by atoms with Gasteiger partial charge in [0.05, 0.1) is 22.1 Å². The molecule has 0 aliphatic carbocycles. The topological polar surface area (TPSA) is 56.4 Å². The van der Waals surface area contributed by atoms with E-state index in [1.54, 1.807) is 0 Å². The van der Waals surface area contributed by atoms with Crippen LogP contribution in [0.5, 0.6) is 0 Å². The third kappa shape index (κ3) is 2.15. The Kier molecular flexibility index (Phi) is 3.12. The first kappa shape index (κ1) is 14.3. The second-order valence-electron chi connectivity index (χ2n) is 6.41. The number of piperazine rings is 1. The second-order valence-corrected chi connectivity index (χ2v) is 6.41. The number of aromatic nitrogens is 2. The summed E-state index contributed by atoms with van der Waals surface area (Å²) in [6.07, 6.45) is 0. The Morgan fingerprint density at radius 1 is 1.00 bits per heavy atom. The summed E-state index contributed by atoms with van der Waals surface area (Å²) in [5.41, 5.74) is 5.61. The van der Waals surface area contributed by atoms with Gasteiger partial charge in [0.2, 0.25) is 0 Å². The van der Waals surface area contributed by atoms with E-state index in [2.05, 4.69) is 45.0 Å². The highest BCUT2D eigenvalue weighted by Crippen LogP contribution is 2.29. The number of nitrogens with one attached hydrogen (secondary N) is 1. The van der Waals surface area contributed by atoms with Gasteiger partial charge in [0, 0.05) is 37.3 Å². The average molecular weight is 327 g/mol. The van der Waals surface area contributed by atoms with Gasteiger partial charge in [0.15, 0.2) is 5.65 Å². The fourth-order valence-corrected chi connectivity index (χ4v) is 3.72. The monoisotopic (exact) mass is 327 g/mol. The van der Waals surface area contributed by atoms with E-state index in [0.29, 0.717) is 5.56 Å². The molecule has 0 saturated carbocycles. The largest absolute Gasteiger partial charge is 0.369 e. The van der Waals surface area contributed by atoms with Crippen LogP contribution in [0, 0.1) is 11.3 Å². The van der Waals surface area contributed by atoms with Crippen molar-refractivity contribution in [3.8, 4) is 6.07 Å². The molecule has 0 spiro atoms. The van der Waals surface area contributed by atoms with E-state index in [1.165, 1.54) is 5.69 Å². The van der Waals surface area contributed by atoms with Gasteiger partial charge in [0.25, 0.3) is 0 Å². The molecule has 0 atom stereocenters. The van der Waals surface area contributed by atoms with E-state index >= 15 is 0 Å². The Morgan fingerprint density at radius 2 is 1.84 bits per heavy atom. The summed E-state index contributed by atoms with van der Waals surface area (Å²) in [5, 5.41) is 14.0. The highest BCUT2D eigenvalue weighted by molar-refractivity contribution is 5.94. The number of nitrogens with zero attached hydrogens (tertiary/aromatic N) is 4. The van der Waals surface area contributed by atoms with Gasteiger partial charge in [-0.2, -0.15) is 5.26 Å². The molecule has 0 radical (unpaired) electrons. The standard InChI is InChI=1S/C20H17N5/c21-13-15-11-14-5-6-16(24-9-7-22-8-10-24)12-19(14)25-18-4-2-1-3-17(18)23-20(15)25/h1-6,11-12,22H,7-10H2. The molecule has 1 saturated heterocycles. The lowest BCUT2D eigenvalue weighted by Crippen LogP contribution is -2.43. The molecule has 4 aromatic rings. The number of hydrogen-bond donors (Lipinski definition) is 1. The molecular weight excluding hydrogens is 310 g/mol. The molecule has 25 heavy (non-hydrogen) atoms. The molecule has 0 bridgehead atoms. The summed E-state index contributed by atoms with van der Waals surface area (Å²) >= 11 is 0. The fourth-order valence-electron chi connectivity index (χ4n) is 3.72. The number of para-hydroxylation sites is 2. The fraction of sp³-hybridized carbons (Fsp3) is 0.200. The van der Waals surface area contributed by atoms with Gasteiger partial charge in [-0.15, -0.1) is 0 Å². The van der Waals surface area contributed by atoms with Crippen molar-refractivity contribution in [3.63, 3.8) is 0 Å². The Hall–Kier alpha value is -3.10. The zero-order chi connectivity index (χ0) is 16.8. The number of anilines is 1. The predicted molar refractivity (Wildman–Crippen MR) is 100 cm³/mol. The maximum Gasteiger partial charge on any atom is 0.156 e. The number of imidazole rings is 1. The van der Waals surface area contributed by atoms with Crippen molar-refractivity contribution in [1.29, 1.82) is 5.26 Å². The van der Waals surface area contributed by atoms with Gasteiger partial charge in [-0.1, -0.05) is 18.2 Å². The molecular formula is C20H17N5. The molecule has 1 N–H and O–H groups in total. The highest BCUT2D eigenvalue weighted by Gasteiger charge is 2.15. The van der Waals surface area contributed by atoms with Crippen molar-refractivity contribution in [2.24, 2.45) is 0 Å². The number of hydrogen-bond acceptors (Lipinski definition) is 4. The van der Waals surface area contributed by atoms with Gasteiger partial charge >= 0.3 is 0 Å². The van der Waals surface area contributed by atoms with E-state index in [-0.39, 0.29) is 0 Å². The lowest BCUT2D eigenvalue weighted by molar-refractivity contribution is 0.589. The number of pyridine rings is 1. The van der Waals surface area contributed by atoms with Crippen LogP contribution in [0.4, 0.5) is 5.69 Å². The van der Waals surface area contributed by atoms with E-state index in [1.807, 2.05) is 24.3 Å². The summed E-state index contributed by atoms with van der Waals surface area (Å²) in [6.45, 7) is 4.04. The van der Waals surface area contributed by atoms with Crippen molar-refractivity contribution < 1.29 is 0 Å². The van der Waals surface area contributed by atoms with Gasteiger partial charge < -0.3 is 10.2 Å². The van der Waals surface area contributed by atoms with E-state index in [4.69, 9.17) is 4.98 Å². The Morgan fingerprint density at radius 3 is 2.68 bits per heavy atom. The highest BCUT2D eigenvalue weighted by atomic mass is 15.2. The van der Waals surface area contributed by atoms with Crippen LogP contribution in [0.1, 0.15) is 5.56 Å². The van der Waals surface area contributed by atoms with Crippen molar-refractivity contribution in [3.05, 3.63) is 54.1 Å². The lowest BCUT2D eigenvalue weighted by atomic mass is 10.1. The van der Waals surface area contributed by atoms with Crippen molar-refractivity contribution in [1.82, 2.24) is 14.7 Å². The van der Waals surface area contributed by atoms with Gasteiger partial charge in [-0.25, -0.2) is 4.98 Å². The maximum absolute atomic E-state index is 9.56.